The molecule has 1 heteroatoms. The normalized spacial score (nSPS) is 10.8. The third kappa shape index (κ3) is 7.07. The SMILES string of the molecule is C=C/C=C\C(=C)COC(C)C. The van der Waals surface area contributed by atoms with Crippen molar-refractivity contribution in [2.45, 2.75) is 20.0 Å². The van der Waals surface area contributed by atoms with E-state index in [1.807, 2.05) is 26.0 Å². The van der Waals surface area contributed by atoms with Gasteiger partial charge in [0.15, 0.2) is 0 Å². The topological polar surface area (TPSA) is 9.23 Å². The maximum absolute atomic E-state index is 5.32. The fourth-order valence-corrected chi connectivity index (χ4v) is 0.526. The van der Waals surface area contributed by atoms with E-state index in [0.29, 0.717) is 6.61 Å². The molecule has 0 amide bonds. The molecule has 0 atom stereocenters. The van der Waals surface area contributed by atoms with E-state index in [4.69, 9.17) is 4.74 Å². The smallest absolute Gasteiger partial charge is 0.0714 e. The summed E-state index contributed by atoms with van der Waals surface area (Å²) < 4.78 is 5.32. The molecule has 0 aromatic rings. The molecule has 0 aromatic carbocycles. The lowest BCUT2D eigenvalue weighted by molar-refractivity contribution is 0.0990. The fraction of sp³-hybridized carbons (Fsp3) is 0.400. The van der Waals surface area contributed by atoms with Gasteiger partial charge in [0.05, 0.1) is 12.7 Å². The van der Waals surface area contributed by atoms with Crippen LogP contribution < -0.4 is 0 Å². The van der Waals surface area contributed by atoms with Gasteiger partial charge in [-0.05, 0) is 19.4 Å². The molecule has 0 heterocycles. The minimum absolute atomic E-state index is 0.267. The standard InChI is InChI=1S/C10H16O/c1-5-6-7-10(4)8-11-9(2)3/h5-7,9H,1,4,8H2,2-3H3/b7-6-. The van der Waals surface area contributed by atoms with Gasteiger partial charge >= 0.3 is 0 Å². The highest BCUT2D eigenvalue weighted by Crippen LogP contribution is 1.97. The van der Waals surface area contributed by atoms with Gasteiger partial charge < -0.3 is 4.74 Å². The molecule has 0 radical (unpaired) electrons. The first-order chi connectivity index (χ1) is 5.16. The Morgan fingerprint density at radius 3 is 2.64 bits per heavy atom. The van der Waals surface area contributed by atoms with E-state index in [0.717, 1.165) is 5.57 Å². The molecule has 0 fully saturated rings. The van der Waals surface area contributed by atoms with Gasteiger partial charge in [-0.2, -0.15) is 0 Å². The first kappa shape index (κ1) is 10.2. The third-order valence-corrected chi connectivity index (χ3v) is 1.07. The molecule has 0 rings (SSSR count). The van der Waals surface area contributed by atoms with Crippen LogP contribution in [-0.2, 0) is 4.74 Å². The predicted octanol–water partition coefficient (Wildman–Crippen LogP) is 2.71. The Morgan fingerprint density at radius 1 is 1.55 bits per heavy atom. The molecule has 0 unspecified atom stereocenters. The van der Waals surface area contributed by atoms with Crippen LogP contribution >= 0.6 is 0 Å². The van der Waals surface area contributed by atoms with E-state index in [1.54, 1.807) is 6.08 Å². The van der Waals surface area contributed by atoms with Gasteiger partial charge in [-0.15, -0.1) is 0 Å². The first-order valence-corrected chi connectivity index (χ1v) is 3.75. The molecule has 0 bridgehead atoms. The maximum Gasteiger partial charge on any atom is 0.0714 e. The van der Waals surface area contributed by atoms with Crippen molar-refractivity contribution in [2.75, 3.05) is 6.61 Å². The molecule has 0 aliphatic heterocycles. The van der Waals surface area contributed by atoms with Gasteiger partial charge in [-0.1, -0.05) is 31.4 Å². The second-order valence-corrected chi connectivity index (χ2v) is 2.61. The lowest BCUT2D eigenvalue weighted by atomic mass is 10.3. The minimum atomic E-state index is 0.267. The molecule has 62 valence electrons. The van der Waals surface area contributed by atoms with Crippen molar-refractivity contribution in [2.24, 2.45) is 0 Å². The van der Waals surface area contributed by atoms with Crippen LogP contribution in [0.3, 0.4) is 0 Å². The van der Waals surface area contributed by atoms with E-state index < -0.39 is 0 Å². The highest BCUT2D eigenvalue weighted by atomic mass is 16.5. The van der Waals surface area contributed by atoms with Crippen molar-refractivity contribution in [1.29, 1.82) is 0 Å². The predicted molar refractivity (Wildman–Crippen MR) is 49.6 cm³/mol. The molecular formula is C10H16O. The molecule has 0 saturated heterocycles. The average molecular weight is 152 g/mol. The molecule has 0 spiro atoms. The molecule has 0 N–H and O–H groups in total. The van der Waals surface area contributed by atoms with Crippen molar-refractivity contribution in [3.8, 4) is 0 Å². The Morgan fingerprint density at radius 2 is 2.18 bits per heavy atom. The maximum atomic E-state index is 5.32. The molecule has 0 aromatic heterocycles. The van der Waals surface area contributed by atoms with Gasteiger partial charge in [0.2, 0.25) is 0 Å². The highest BCUT2D eigenvalue weighted by molar-refractivity contribution is 5.18. The van der Waals surface area contributed by atoms with Crippen LogP contribution in [0.1, 0.15) is 13.8 Å². The van der Waals surface area contributed by atoms with Crippen molar-refractivity contribution in [1.82, 2.24) is 0 Å². The lowest BCUT2D eigenvalue weighted by Gasteiger charge is -2.06. The number of allylic oxidation sites excluding steroid dienone is 2. The summed E-state index contributed by atoms with van der Waals surface area (Å²) in [6.07, 6.45) is 5.74. The fourth-order valence-electron chi connectivity index (χ4n) is 0.526. The highest BCUT2D eigenvalue weighted by Gasteiger charge is 1.92. The van der Waals surface area contributed by atoms with E-state index in [1.165, 1.54) is 0 Å². The minimum Gasteiger partial charge on any atom is -0.374 e. The van der Waals surface area contributed by atoms with Crippen molar-refractivity contribution in [3.05, 3.63) is 37.0 Å². The zero-order chi connectivity index (χ0) is 8.69. The zero-order valence-corrected chi connectivity index (χ0v) is 7.34. The Balaban J connectivity index is 3.53. The average Bonchev–Trinajstić information content (AvgIpc) is 1.97. The molecule has 1 nitrogen and oxygen atoms in total. The van der Waals surface area contributed by atoms with Gasteiger partial charge in [0, 0.05) is 0 Å². The van der Waals surface area contributed by atoms with E-state index >= 15 is 0 Å². The van der Waals surface area contributed by atoms with Crippen molar-refractivity contribution in [3.63, 3.8) is 0 Å². The van der Waals surface area contributed by atoms with E-state index in [9.17, 15) is 0 Å². The largest absolute Gasteiger partial charge is 0.374 e. The molecule has 11 heavy (non-hydrogen) atoms. The number of hydrogen-bond donors (Lipinski definition) is 0. The summed E-state index contributed by atoms with van der Waals surface area (Å²) in [6, 6.07) is 0. The Kier molecular flexibility index (Phi) is 5.49. The van der Waals surface area contributed by atoms with Crippen LogP contribution in [0.15, 0.2) is 37.0 Å². The first-order valence-electron chi connectivity index (χ1n) is 3.75. The monoisotopic (exact) mass is 152 g/mol. The van der Waals surface area contributed by atoms with Gasteiger partial charge in [0.25, 0.3) is 0 Å². The number of ether oxygens (including phenoxy) is 1. The quantitative estimate of drug-likeness (QED) is 0.550. The Hall–Kier alpha value is -0.820. The van der Waals surface area contributed by atoms with Crippen LogP contribution in [0.4, 0.5) is 0 Å². The summed E-state index contributed by atoms with van der Waals surface area (Å²) in [5.74, 6) is 0. The van der Waals surface area contributed by atoms with Crippen molar-refractivity contribution < 1.29 is 4.74 Å². The van der Waals surface area contributed by atoms with Crippen LogP contribution in [0.5, 0.6) is 0 Å². The summed E-state index contributed by atoms with van der Waals surface area (Å²) in [7, 11) is 0. The molecule has 0 aliphatic carbocycles. The Bertz CT molecular complexity index is 154. The van der Waals surface area contributed by atoms with Gasteiger partial charge in [0.1, 0.15) is 0 Å². The number of rotatable bonds is 5. The summed E-state index contributed by atoms with van der Waals surface area (Å²) in [6.45, 7) is 12.0. The number of hydrogen-bond acceptors (Lipinski definition) is 1. The summed E-state index contributed by atoms with van der Waals surface area (Å²) >= 11 is 0. The zero-order valence-electron chi connectivity index (χ0n) is 7.34. The van der Waals surface area contributed by atoms with E-state index in [-0.39, 0.29) is 6.10 Å². The van der Waals surface area contributed by atoms with Crippen LogP contribution in [0, 0.1) is 0 Å². The van der Waals surface area contributed by atoms with E-state index in [2.05, 4.69) is 13.2 Å². The van der Waals surface area contributed by atoms with Crippen LogP contribution in [0.2, 0.25) is 0 Å². The van der Waals surface area contributed by atoms with Crippen LogP contribution in [0.25, 0.3) is 0 Å². The third-order valence-electron chi connectivity index (χ3n) is 1.07. The summed E-state index contributed by atoms with van der Waals surface area (Å²) in [4.78, 5) is 0. The summed E-state index contributed by atoms with van der Waals surface area (Å²) in [5.41, 5.74) is 0.971. The lowest BCUT2D eigenvalue weighted by Crippen LogP contribution is -2.04. The van der Waals surface area contributed by atoms with Crippen molar-refractivity contribution >= 4 is 0 Å². The molecule has 0 saturated carbocycles. The second kappa shape index (κ2) is 5.93. The van der Waals surface area contributed by atoms with Gasteiger partial charge in [-0.3, -0.25) is 0 Å². The van der Waals surface area contributed by atoms with Crippen LogP contribution in [-0.4, -0.2) is 12.7 Å². The molecule has 0 aliphatic rings. The Labute approximate surface area is 69.1 Å². The second-order valence-electron chi connectivity index (χ2n) is 2.61. The van der Waals surface area contributed by atoms with Gasteiger partial charge in [-0.25, -0.2) is 0 Å². The summed E-state index contributed by atoms with van der Waals surface area (Å²) in [5, 5.41) is 0. The molecular weight excluding hydrogens is 136 g/mol.